The molecule has 25 heavy (non-hydrogen) atoms. The lowest BCUT2D eigenvalue weighted by molar-refractivity contribution is 0.416. The quantitative estimate of drug-likeness (QED) is 0.563. The second-order valence-corrected chi connectivity index (χ2v) is 6.69. The van der Waals surface area contributed by atoms with Crippen molar-refractivity contribution >= 4 is 23.4 Å². The Bertz CT molecular complexity index is 867. The fourth-order valence-corrected chi connectivity index (χ4v) is 3.59. The number of ether oxygens (including phenoxy) is 1. The summed E-state index contributed by atoms with van der Waals surface area (Å²) in [7, 11) is 1.61. The summed E-state index contributed by atoms with van der Waals surface area (Å²) in [4.78, 5) is 0. The molecule has 0 bridgehead atoms. The highest BCUT2D eigenvalue weighted by molar-refractivity contribution is 7.98. The van der Waals surface area contributed by atoms with Gasteiger partial charge in [0, 0.05) is 17.3 Å². The lowest BCUT2D eigenvalue weighted by Gasteiger charge is -2.11. The van der Waals surface area contributed by atoms with Crippen molar-refractivity contribution in [1.82, 2.24) is 14.8 Å². The molecule has 3 aromatic rings. The van der Waals surface area contributed by atoms with Crippen LogP contribution in [0.15, 0.2) is 47.6 Å². The average Bonchev–Trinajstić information content (AvgIpc) is 3.04. The van der Waals surface area contributed by atoms with Crippen LogP contribution >= 0.6 is 23.4 Å². The second-order valence-electron chi connectivity index (χ2n) is 5.31. The first-order valence-corrected chi connectivity index (χ1v) is 9.13. The number of aromatic nitrogens is 3. The molecule has 0 aliphatic heterocycles. The minimum atomic E-state index is -0.235. The van der Waals surface area contributed by atoms with Crippen LogP contribution in [-0.2, 0) is 12.3 Å². The molecule has 0 N–H and O–H groups in total. The van der Waals surface area contributed by atoms with Gasteiger partial charge in [0.1, 0.15) is 11.6 Å². The number of nitrogens with zero attached hydrogens (tertiary/aromatic N) is 3. The third-order valence-electron chi connectivity index (χ3n) is 3.72. The van der Waals surface area contributed by atoms with Gasteiger partial charge in [-0.05, 0) is 42.8 Å². The van der Waals surface area contributed by atoms with E-state index in [0.29, 0.717) is 28.9 Å². The molecule has 4 nitrogen and oxygen atoms in total. The minimum absolute atomic E-state index is 0.235. The molecule has 0 aliphatic carbocycles. The topological polar surface area (TPSA) is 39.9 Å². The fraction of sp³-hybridized carbons (Fsp3) is 0.222. The van der Waals surface area contributed by atoms with E-state index in [9.17, 15) is 4.39 Å². The molecule has 0 radical (unpaired) electrons. The normalized spacial score (nSPS) is 10.9. The molecular formula is C18H17ClFN3OS. The molecule has 0 fully saturated rings. The number of methoxy groups -OCH3 is 1. The van der Waals surface area contributed by atoms with Gasteiger partial charge in [0.05, 0.1) is 12.7 Å². The number of thioether (sulfide) groups is 1. The molecule has 0 saturated carbocycles. The van der Waals surface area contributed by atoms with Crippen LogP contribution in [-0.4, -0.2) is 21.9 Å². The van der Waals surface area contributed by atoms with Crippen molar-refractivity contribution in [3.8, 4) is 17.1 Å². The summed E-state index contributed by atoms with van der Waals surface area (Å²) in [6.07, 6.45) is 0. The Kier molecular flexibility index (Phi) is 5.60. The van der Waals surface area contributed by atoms with Crippen LogP contribution < -0.4 is 4.74 Å². The maximum Gasteiger partial charge on any atom is 0.191 e. The molecule has 0 atom stereocenters. The average molecular weight is 378 g/mol. The lowest BCUT2D eigenvalue weighted by atomic mass is 10.2. The summed E-state index contributed by atoms with van der Waals surface area (Å²) >= 11 is 7.69. The third-order valence-corrected chi connectivity index (χ3v) is 4.99. The summed E-state index contributed by atoms with van der Waals surface area (Å²) in [5.74, 6) is 1.86. The molecule has 0 spiro atoms. The lowest BCUT2D eigenvalue weighted by Crippen LogP contribution is -2.01. The highest BCUT2D eigenvalue weighted by Gasteiger charge is 2.17. The number of hydrogen-bond donors (Lipinski definition) is 0. The monoisotopic (exact) mass is 377 g/mol. The van der Waals surface area contributed by atoms with E-state index in [1.165, 1.54) is 12.1 Å². The van der Waals surface area contributed by atoms with Gasteiger partial charge >= 0.3 is 0 Å². The molecule has 130 valence electrons. The van der Waals surface area contributed by atoms with Gasteiger partial charge in [-0.3, -0.25) is 0 Å². The van der Waals surface area contributed by atoms with E-state index < -0.39 is 0 Å². The second kappa shape index (κ2) is 7.89. The zero-order chi connectivity index (χ0) is 17.8. The zero-order valence-electron chi connectivity index (χ0n) is 13.9. The smallest absolute Gasteiger partial charge is 0.191 e. The number of rotatable bonds is 6. The zero-order valence-corrected chi connectivity index (χ0v) is 15.4. The van der Waals surface area contributed by atoms with Crippen molar-refractivity contribution in [3.05, 3.63) is 58.9 Å². The van der Waals surface area contributed by atoms with Crippen molar-refractivity contribution in [3.63, 3.8) is 0 Å². The summed E-state index contributed by atoms with van der Waals surface area (Å²) in [5, 5.41) is 10.0. The van der Waals surface area contributed by atoms with Crippen LogP contribution in [0.1, 0.15) is 12.5 Å². The molecule has 1 aromatic heterocycles. The van der Waals surface area contributed by atoms with Gasteiger partial charge < -0.3 is 9.30 Å². The first kappa shape index (κ1) is 17.8. The Morgan fingerprint density at radius 2 is 1.92 bits per heavy atom. The van der Waals surface area contributed by atoms with E-state index in [4.69, 9.17) is 16.3 Å². The molecule has 0 aliphatic rings. The fourth-order valence-electron chi connectivity index (χ4n) is 2.46. The van der Waals surface area contributed by atoms with Gasteiger partial charge in [-0.25, -0.2) is 4.39 Å². The van der Waals surface area contributed by atoms with Gasteiger partial charge in [0.15, 0.2) is 11.0 Å². The first-order valence-electron chi connectivity index (χ1n) is 7.76. The minimum Gasteiger partial charge on any atom is -0.496 e. The summed E-state index contributed by atoms with van der Waals surface area (Å²) in [5.41, 5.74) is 1.83. The summed E-state index contributed by atoms with van der Waals surface area (Å²) in [6.45, 7) is 2.75. The van der Waals surface area contributed by atoms with Crippen LogP contribution in [0.5, 0.6) is 5.75 Å². The van der Waals surface area contributed by atoms with Crippen molar-refractivity contribution in [2.45, 2.75) is 24.4 Å². The molecule has 2 aromatic carbocycles. The van der Waals surface area contributed by atoms with Gasteiger partial charge in [-0.1, -0.05) is 35.5 Å². The summed E-state index contributed by atoms with van der Waals surface area (Å²) < 4.78 is 20.4. The molecule has 7 heteroatoms. The van der Waals surface area contributed by atoms with Gasteiger partial charge in [0.25, 0.3) is 0 Å². The van der Waals surface area contributed by atoms with Crippen molar-refractivity contribution < 1.29 is 9.13 Å². The number of halogens is 2. The van der Waals surface area contributed by atoms with E-state index in [-0.39, 0.29) is 5.82 Å². The largest absolute Gasteiger partial charge is 0.496 e. The molecular weight excluding hydrogens is 361 g/mol. The Labute approximate surface area is 155 Å². The van der Waals surface area contributed by atoms with E-state index in [2.05, 4.69) is 10.2 Å². The van der Waals surface area contributed by atoms with Crippen molar-refractivity contribution in [1.29, 1.82) is 0 Å². The van der Waals surface area contributed by atoms with E-state index in [0.717, 1.165) is 16.3 Å². The summed E-state index contributed by atoms with van der Waals surface area (Å²) in [6, 6.07) is 11.9. The maximum absolute atomic E-state index is 13.0. The SMILES string of the molecule is CCn1c(SCc2ccc(F)cc2)nnc1-c1cc(Cl)ccc1OC. The molecule has 0 amide bonds. The Hall–Kier alpha value is -2.05. The van der Waals surface area contributed by atoms with Crippen LogP contribution in [0, 0.1) is 5.82 Å². The van der Waals surface area contributed by atoms with E-state index >= 15 is 0 Å². The van der Waals surface area contributed by atoms with Crippen molar-refractivity contribution in [2.24, 2.45) is 0 Å². The third kappa shape index (κ3) is 3.96. The molecule has 0 unspecified atom stereocenters. The highest BCUT2D eigenvalue weighted by atomic mass is 35.5. The highest BCUT2D eigenvalue weighted by Crippen LogP contribution is 2.33. The predicted molar refractivity (Wildman–Crippen MR) is 98.7 cm³/mol. The van der Waals surface area contributed by atoms with Crippen LogP contribution in [0.3, 0.4) is 0 Å². The van der Waals surface area contributed by atoms with Crippen molar-refractivity contribution in [2.75, 3.05) is 7.11 Å². The van der Waals surface area contributed by atoms with Gasteiger partial charge in [-0.2, -0.15) is 0 Å². The van der Waals surface area contributed by atoms with Crippen LogP contribution in [0.25, 0.3) is 11.4 Å². The van der Waals surface area contributed by atoms with E-state index in [1.807, 2.05) is 23.6 Å². The number of benzene rings is 2. The first-order chi connectivity index (χ1) is 12.1. The maximum atomic E-state index is 13.0. The molecule has 0 saturated heterocycles. The molecule has 1 heterocycles. The molecule has 3 rings (SSSR count). The Balaban J connectivity index is 1.88. The number of hydrogen-bond acceptors (Lipinski definition) is 4. The Morgan fingerprint density at radius 1 is 1.16 bits per heavy atom. The van der Waals surface area contributed by atoms with Crippen LogP contribution in [0.2, 0.25) is 5.02 Å². The van der Waals surface area contributed by atoms with E-state index in [1.54, 1.807) is 37.1 Å². The van der Waals surface area contributed by atoms with Crippen LogP contribution in [0.4, 0.5) is 4.39 Å². The Morgan fingerprint density at radius 3 is 2.60 bits per heavy atom. The standard InChI is InChI=1S/C18H17ClFN3OS/c1-3-23-17(15-10-13(19)6-9-16(15)24-2)21-22-18(23)25-11-12-4-7-14(20)8-5-12/h4-10H,3,11H2,1-2H3. The van der Waals surface area contributed by atoms with Gasteiger partial charge in [-0.15, -0.1) is 10.2 Å². The van der Waals surface area contributed by atoms with Gasteiger partial charge in [0.2, 0.25) is 0 Å². The predicted octanol–water partition coefficient (Wildman–Crippen LogP) is 5.06.